The second-order valence-corrected chi connectivity index (χ2v) is 7.02. The van der Waals surface area contributed by atoms with Crippen LogP contribution in [0.15, 0.2) is 30.3 Å². The first-order valence-corrected chi connectivity index (χ1v) is 9.73. The average molecular weight is 437 g/mol. The van der Waals surface area contributed by atoms with Gasteiger partial charge in [-0.05, 0) is 5.56 Å². The number of hydrogen-bond donors (Lipinski definition) is 1. The van der Waals surface area contributed by atoms with E-state index in [2.05, 4.69) is 5.32 Å². The molecule has 1 aliphatic heterocycles. The van der Waals surface area contributed by atoms with Crippen molar-refractivity contribution in [2.45, 2.75) is 64.9 Å². The minimum atomic E-state index is -1.14. The Morgan fingerprint density at radius 2 is 1.52 bits per heavy atom. The highest BCUT2D eigenvalue weighted by atomic mass is 16.7. The molecule has 1 saturated heterocycles. The Hall–Kier alpha value is -2.98. The van der Waals surface area contributed by atoms with Crippen molar-refractivity contribution in [1.29, 1.82) is 0 Å². The zero-order valence-electron chi connectivity index (χ0n) is 17.9. The van der Waals surface area contributed by atoms with E-state index >= 15 is 0 Å². The van der Waals surface area contributed by atoms with Crippen molar-refractivity contribution in [2.24, 2.45) is 0 Å². The number of carbonyl (C=O) groups is 4. The summed E-state index contributed by atoms with van der Waals surface area (Å²) in [6.07, 6.45) is -4.36. The molecule has 0 bridgehead atoms. The summed E-state index contributed by atoms with van der Waals surface area (Å²) in [6, 6.07) is 8.25. The summed E-state index contributed by atoms with van der Waals surface area (Å²) in [7, 11) is 0. The fourth-order valence-corrected chi connectivity index (χ4v) is 3.19. The molecule has 0 aromatic heterocycles. The van der Waals surface area contributed by atoms with E-state index in [4.69, 9.17) is 23.7 Å². The summed E-state index contributed by atoms with van der Waals surface area (Å²) in [6.45, 7) is 4.72. The van der Waals surface area contributed by atoms with Gasteiger partial charge in [-0.25, -0.2) is 0 Å². The van der Waals surface area contributed by atoms with Gasteiger partial charge in [0.2, 0.25) is 5.91 Å². The van der Waals surface area contributed by atoms with Crippen molar-refractivity contribution in [3.8, 4) is 0 Å². The molecule has 31 heavy (non-hydrogen) atoms. The summed E-state index contributed by atoms with van der Waals surface area (Å²) in [5.41, 5.74) is 0.843. The van der Waals surface area contributed by atoms with E-state index in [-0.39, 0.29) is 13.2 Å². The number of hydrogen-bond acceptors (Lipinski definition) is 9. The van der Waals surface area contributed by atoms with Crippen LogP contribution >= 0.6 is 0 Å². The van der Waals surface area contributed by atoms with E-state index in [1.807, 2.05) is 30.3 Å². The van der Waals surface area contributed by atoms with E-state index in [1.165, 1.54) is 27.7 Å². The van der Waals surface area contributed by atoms with Gasteiger partial charge in [0.05, 0.1) is 6.61 Å². The van der Waals surface area contributed by atoms with Gasteiger partial charge in [0.25, 0.3) is 0 Å². The predicted molar refractivity (Wildman–Crippen MR) is 105 cm³/mol. The van der Waals surface area contributed by atoms with Crippen LogP contribution in [0.25, 0.3) is 0 Å². The highest BCUT2D eigenvalue weighted by molar-refractivity contribution is 5.73. The summed E-state index contributed by atoms with van der Waals surface area (Å²) >= 11 is 0. The van der Waals surface area contributed by atoms with Crippen LogP contribution in [-0.2, 0) is 49.5 Å². The van der Waals surface area contributed by atoms with Gasteiger partial charge < -0.3 is 29.0 Å². The van der Waals surface area contributed by atoms with Crippen LogP contribution in [0.5, 0.6) is 0 Å². The first kappa shape index (κ1) is 24.3. The molecule has 1 heterocycles. The molecule has 1 N–H and O–H groups in total. The van der Waals surface area contributed by atoms with E-state index in [0.29, 0.717) is 0 Å². The highest BCUT2D eigenvalue weighted by Gasteiger charge is 2.51. The Morgan fingerprint density at radius 1 is 0.903 bits per heavy atom. The molecule has 5 atom stereocenters. The molecule has 0 unspecified atom stereocenters. The lowest BCUT2D eigenvalue weighted by molar-refractivity contribution is -0.280. The van der Waals surface area contributed by atoms with Gasteiger partial charge in [0.1, 0.15) is 18.8 Å². The van der Waals surface area contributed by atoms with Gasteiger partial charge in [0, 0.05) is 27.7 Å². The zero-order valence-corrected chi connectivity index (χ0v) is 17.9. The monoisotopic (exact) mass is 437 g/mol. The summed E-state index contributed by atoms with van der Waals surface area (Å²) in [5.74, 6) is -2.32. The molecular weight excluding hydrogens is 410 g/mol. The number of ether oxygens (including phenoxy) is 5. The zero-order chi connectivity index (χ0) is 23.0. The van der Waals surface area contributed by atoms with Crippen LogP contribution in [0.3, 0.4) is 0 Å². The molecule has 1 fully saturated rings. The minimum Gasteiger partial charge on any atom is -0.463 e. The van der Waals surface area contributed by atoms with Gasteiger partial charge in [-0.15, -0.1) is 0 Å². The maximum atomic E-state index is 11.8. The summed E-state index contributed by atoms with van der Waals surface area (Å²) in [5, 5.41) is 2.65. The average Bonchev–Trinajstić information content (AvgIpc) is 2.68. The largest absolute Gasteiger partial charge is 0.463 e. The first-order chi connectivity index (χ1) is 14.7. The number of esters is 3. The molecule has 0 radical (unpaired) electrons. The number of nitrogens with one attached hydrogen (secondary N) is 1. The van der Waals surface area contributed by atoms with Crippen LogP contribution < -0.4 is 5.32 Å². The third-order valence-electron chi connectivity index (χ3n) is 4.33. The van der Waals surface area contributed by atoms with Crippen molar-refractivity contribution in [3.63, 3.8) is 0 Å². The number of benzene rings is 1. The van der Waals surface area contributed by atoms with Gasteiger partial charge in [0.15, 0.2) is 18.5 Å². The van der Waals surface area contributed by atoms with Crippen molar-refractivity contribution >= 4 is 23.8 Å². The van der Waals surface area contributed by atoms with Crippen molar-refractivity contribution in [2.75, 3.05) is 6.61 Å². The van der Waals surface area contributed by atoms with Crippen molar-refractivity contribution < 1.29 is 42.9 Å². The van der Waals surface area contributed by atoms with Gasteiger partial charge in [-0.1, -0.05) is 30.3 Å². The molecule has 170 valence electrons. The topological polar surface area (TPSA) is 126 Å². The molecule has 10 heteroatoms. The van der Waals surface area contributed by atoms with E-state index < -0.39 is 54.5 Å². The number of rotatable bonds is 8. The predicted octanol–water partition coefficient (Wildman–Crippen LogP) is 0.859. The molecule has 1 aromatic rings. The fourth-order valence-electron chi connectivity index (χ4n) is 3.19. The molecule has 1 amide bonds. The van der Waals surface area contributed by atoms with Crippen LogP contribution in [0.1, 0.15) is 33.3 Å². The smallest absolute Gasteiger partial charge is 0.303 e. The number of carbonyl (C=O) groups excluding carboxylic acids is 4. The lowest BCUT2D eigenvalue weighted by atomic mass is 9.96. The maximum Gasteiger partial charge on any atom is 0.303 e. The second-order valence-electron chi connectivity index (χ2n) is 7.02. The van der Waals surface area contributed by atoms with E-state index in [1.54, 1.807) is 0 Å². The Balaban J connectivity index is 2.35. The fraction of sp³-hybridized carbons (Fsp3) is 0.524. The van der Waals surface area contributed by atoms with Crippen molar-refractivity contribution in [1.82, 2.24) is 5.32 Å². The maximum absolute atomic E-state index is 11.8. The molecule has 10 nitrogen and oxygen atoms in total. The standard InChI is InChI=1S/C21H27NO9/c1-12(23)22-18-20(30-15(4)26)19(29-14(3)25)17(11-27-13(2)24)31-21(18)28-10-16-8-6-5-7-9-16/h5-9,17-21H,10-11H2,1-4H3,(H,22,23)/t17-,18-,19+,20+,21-/m0/s1. The number of amides is 1. The lowest BCUT2D eigenvalue weighted by Gasteiger charge is -2.44. The van der Waals surface area contributed by atoms with Crippen LogP contribution in [0.4, 0.5) is 0 Å². The second kappa shape index (κ2) is 11.4. The van der Waals surface area contributed by atoms with Crippen LogP contribution in [0, 0.1) is 0 Å². The Morgan fingerprint density at radius 3 is 2.06 bits per heavy atom. The third-order valence-corrected chi connectivity index (χ3v) is 4.33. The molecule has 2 rings (SSSR count). The van der Waals surface area contributed by atoms with E-state index in [0.717, 1.165) is 5.56 Å². The molecule has 1 aromatic carbocycles. The first-order valence-electron chi connectivity index (χ1n) is 9.73. The molecule has 0 spiro atoms. The molecular formula is C21H27NO9. The molecule has 0 aliphatic carbocycles. The van der Waals surface area contributed by atoms with Crippen LogP contribution in [0.2, 0.25) is 0 Å². The van der Waals surface area contributed by atoms with Crippen molar-refractivity contribution in [3.05, 3.63) is 35.9 Å². The lowest BCUT2D eigenvalue weighted by Crippen LogP contribution is -2.66. The highest BCUT2D eigenvalue weighted by Crippen LogP contribution is 2.28. The van der Waals surface area contributed by atoms with E-state index in [9.17, 15) is 19.2 Å². The summed E-state index contributed by atoms with van der Waals surface area (Å²) in [4.78, 5) is 46.7. The molecule has 0 saturated carbocycles. The SMILES string of the molecule is CC(=O)N[C@@H]1[C@@H](OCc2ccccc2)O[C@@H](COC(C)=O)[C@@H](OC(C)=O)[C@@H]1OC(C)=O. The normalized spacial score (nSPS) is 25.2. The Labute approximate surface area is 180 Å². The molecule has 1 aliphatic rings. The van der Waals surface area contributed by atoms with Gasteiger partial charge in [-0.2, -0.15) is 0 Å². The third kappa shape index (κ3) is 7.65. The van der Waals surface area contributed by atoms with Crippen LogP contribution in [-0.4, -0.2) is 61.1 Å². The summed E-state index contributed by atoms with van der Waals surface area (Å²) < 4.78 is 27.6. The quantitative estimate of drug-likeness (QED) is 0.465. The van der Waals surface area contributed by atoms with Gasteiger partial charge >= 0.3 is 17.9 Å². The van der Waals surface area contributed by atoms with Gasteiger partial charge in [-0.3, -0.25) is 19.2 Å². The Kier molecular flexibility index (Phi) is 8.95. The minimum absolute atomic E-state index is 0.132. The Bertz CT molecular complexity index is 782.